The highest BCUT2D eigenvalue weighted by atomic mass is 32.1. The second-order valence-corrected chi connectivity index (χ2v) is 9.43. The number of thiophene rings is 1. The first-order valence-electron chi connectivity index (χ1n) is 10.6. The molecule has 2 aromatic heterocycles. The van der Waals surface area contributed by atoms with Gasteiger partial charge in [-0.2, -0.15) is 0 Å². The Morgan fingerprint density at radius 1 is 1.21 bits per heavy atom. The van der Waals surface area contributed by atoms with Crippen LogP contribution in [0.15, 0.2) is 30.3 Å². The zero-order valence-electron chi connectivity index (χ0n) is 16.6. The van der Waals surface area contributed by atoms with E-state index in [4.69, 9.17) is 0 Å². The third-order valence-corrected chi connectivity index (χ3v) is 7.69. The van der Waals surface area contributed by atoms with Crippen LogP contribution < -0.4 is 10.6 Å². The summed E-state index contributed by atoms with van der Waals surface area (Å²) >= 11 is 1.87. The first-order chi connectivity index (χ1) is 13.8. The van der Waals surface area contributed by atoms with Crippen LogP contribution in [0.25, 0.3) is 10.2 Å². The van der Waals surface area contributed by atoms with Crippen LogP contribution in [0.5, 0.6) is 0 Å². The SMILES string of the molecule is CN(CC1=CCNC=C1)[C@H]1CC[C@H](Nc2ncnc3sc4c(c23)CCC4)CC1. The van der Waals surface area contributed by atoms with E-state index in [0.29, 0.717) is 12.1 Å². The molecule has 0 spiro atoms. The summed E-state index contributed by atoms with van der Waals surface area (Å²) in [6, 6.07) is 1.20. The molecule has 0 atom stereocenters. The van der Waals surface area contributed by atoms with Gasteiger partial charge < -0.3 is 10.6 Å². The summed E-state index contributed by atoms with van der Waals surface area (Å²) in [7, 11) is 2.28. The van der Waals surface area contributed by atoms with Crippen LogP contribution in [0, 0.1) is 0 Å². The molecule has 1 aliphatic heterocycles. The molecule has 6 heteroatoms. The highest BCUT2D eigenvalue weighted by Gasteiger charge is 2.26. The standard InChI is InChI=1S/C22H29N5S/c1-27(13-15-9-11-23-12-10-15)17-7-5-16(6-8-17)26-21-20-18-3-2-4-19(18)28-22(20)25-14-24-21/h9-11,14,16-17,23H,2-8,12-13H2,1H3,(H,24,25,26)/t16-,17-. The van der Waals surface area contributed by atoms with Crippen LogP contribution in [0.2, 0.25) is 0 Å². The maximum absolute atomic E-state index is 4.64. The summed E-state index contributed by atoms with van der Waals surface area (Å²) in [5.74, 6) is 1.08. The second kappa shape index (κ2) is 7.84. The summed E-state index contributed by atoms with van der Waals surface area (Å²) in [4.78, 5) is 14.4. The number of dihydropyridines is 1. The molecule has 0 amide bonds. The minimum Gasteiger partial charge on any atom is -0.387 e. The lowest BCUT2D eigenvalue weighted by molar-refractivity contribution is 0.200. The molecular weight excluding hydrogens is 366 g/mol. The zero-order valence-corrected chi connectivity index (χ0v) is 17.4. The van der Waals surface area contributed by atoms with Crippen molar-refractivity contribution in [2.45, 2.75) is 57.0 Å². The Labute approximate surface area is 170 Å². The Bertz CT molecular complexity index is 907. The van der Waals surface area contributed by atoms with Crippen molar-refractivity contribution in [2.24, 2.45) is 0 Å². The minimum absolute atomic E-state index is 0.526. The summed E-state index contributed by atoms with van der Waals surface area (Å²) in [5, 5.41) is 8.33. The van der Waals surface area contributed by atoms with Gasteiger partial charge in [-0.25, -0.2) is 9.97 Å². The van der Waals surface area contributed by atoms with Gasteiger partial charge in [-0.1, -0.05) is 6.08 Å². The fraction of sp³-hybridized carbons (Fsp3) is 0.545. The Balaban J connectivity index is 1.22. The molecule has 0 bridgehead atoms. The molecule has 2 N–H and O–H groups in total. The highest BCUT2D eigenvalue weighted by molar-refractivity contribution is 7.19. The van der Waals surface area contributed by atoms with Gasteiger partial charge in [0.25, 0.3) is 0 Å². The van der Waals surface area contributed by atoms with Crippen molar-refractivity contribution < 1.29 is 0 Å². The van der Waals surface area contributed by atoms with Gasteiger partial charge in [0.05, 0.1) is 5.39 Å². The van der Waals surface area contributed by atoms with Crippen LogP contribution in [-0.2, 0) is 12.8 Å². The van der Waals surface area contributed by atoms with Crippen LogP contribution in [-0.4, -0.2) is 47.1 Å². The summed E-state index contributed by atoms with van der Waals surface area (Å²) in [6.45, 7) is 2.00. The fourth-order valence-corrected chi connectivity index (χ4v) is 6.15. The smallest absolute Gasteiger partial charge is 0.138 e. The van der Waals surface area contributed by atoms with Crippen molar-refractivity contribution in [3.63, 3.8) is 0 Å². The van der Waals surface area contributed by atoms with Crippen molar-refractivity contribution in [2.75, 3.05) is 25.5 Å². The van der Waals surface area contributed by atoms with Gasteiger partial charge in [-0.15, -0.1) is 11.3 Å². The average molecular weight is 396 g/mol. The molecule has 2 aromatic rings. The number of fused-ring (bicyclic) bond motifs is 3. The van der Waals surface area contributed by atoms with E-state index in [1.807, 2.05) is 11.3 Å². The van der Waals surface area contributed by atoms with Gasteiger partial charge >= 0.3 is 0 Å². The average Bonchev–Trinajstić information content (AvgIpc) is 3.31. The van der Waals surface area contributed by atoms with E-state index in [0.717, 1.165) is 18.9 Å². The van der Waals surface area contributed by atoms with Crippen LogP contribution >= 0.6 is 11.3 Å². The molecule has 1 fully saturated rings. The van der Waals surface area contributed by atoms with E-state index in [9.17, 15) is 0 Å². The van der Waals surface area contributed by atoms with Gasteiger partial charge in [0.1, 0.15) is 17.0 Å². The monoisotopic (exact) mass is 395 g/mol. The lowest BCUT2D eigenvalue weighted by Crippen LogP contribution is -2.39. The van der Waals surface area contributed by atoms with Crippen molar-refractivity contribution in [3.05, 3.63) is 40.7 Å². The number of hydrogen-bond acceptors (Lipinski definition) is 6. The number of nitrogens with zero attached hydrogens (tertiary/aromatic N) is 3. The van der Waals surface area contributed by atoms with E-state index >= 15 is 0 Å². The fourth-order valence-electron chi connectivity index (χ4n) is 4.92. The van der Waals surface area contributed by atoms with Gasteiger partial charge in [0, 0.05) is 30.1 Å². The summed E-state index contributed by atoms with van der Waals surface area (Å²) in [6.07, 6.45) is 16.9. The molecule has 3 heterocycles. The van der Waals surface area contributed by atoms with Crippen LogP contribution in [0.1, 0.15) is 42.5 Å². The van der Waals surface area contributed by atoms with Crippen LogP contribution in [0.4, 0.5) is 5.82 Å². The Kier molecular flexibility index (Phi) is 5.07. The molecule has 2 aliphatic carbocycles. The van der Waals surface area contributed by atoms with E-state index < -0.39 is 0 Å². The van der Waals surface area contributed by atoms with Gasteiger partial charge in [0.2, 0.25) is 0 Å². The highest BCUT2D eigenvalue weighted by Crippen LogP contribution is 2.39. The third kappa shape index (κ3) is 3.55. The van der Waals surface area contributed by atoms with Gasteiger partial charge in [-0.3, -0.25) is 4.90 Å². The number of anilines is 1. The first kappa shape index (κ1) is 18.1. The molecule has 148 valence electrons. The molecule has 5 nitrogen and oxygen atoms in total. The maximum atomic E-state index is 4.64. The topological polar surface area (TPSA) is 53.1 Å². The predicted octanol–water partition coefficient (Wildman–Crippen LogP) is 3.88. The van der Waals surface area contributed by atoms with Gasteiger partial charge in [-0.05, 0) is 75.4 Å². The zero-order chi connectivity index (χ0) is 18.9. The number of aromatic nitrogens is 2. The number of nitrogens with one attached hydrogen (secondary N) is 2. The Morgan fingerprint density at radius 3 is 2.93 bits per heavy atom. The normalized spacial score (nSPS) is 24.3. The van der Waals surface area contributed by atoms with E-state index in [1.165, 1.54) is 71.2 Å². The number of rotatable bonds is 5. The molecule has 0 radical (unpaired) electrons. The molecule has 28 heavy (non-hydrogen) atoms. The van der Waals surface area contributed by atoms with Gasteiger partial charge in [0.15, 0.2) is 0 Å². The molecule has 0 saturated heterocycles. The Hall–Kier alpha value is -1.92. The van der Waals surface area contributed by atoms with Crippen molar-refractivity contribution in [1.29, 1.82) is 0 Å². The molecule has 0 aromatic carbocycles. The number of aryl methyl sites for hydroxylation is 2. The molecule has 0 unspecified atom stereocenters. The summed E-state index contributed by atoms with van der Waals surface area (Å²) in [5.41, 5.74) is 2.94. The molecule has 5 rings (SSSR count). The minimum atomic E-state index is 0.526. The van der Waals surface area contributed by atoms with Crippen molar-refractivity contribution >= 4 is 27.4 Å². The lowest BCUT2D eigenvalue weighted by atomic mass is 9.90. The largest absolute Gasteiger partial charge is 0.387 e. The molecule has 3 aliphatic rings. The number of likely N-dealkylation sites (N-methyl/N-ethyl adjacent to an activating group) is 1. The first-order valence-corrected chi connectivity index (χ1v) is 11.4. The van der Waals surface area contributed by atoms with Crippen LogP contribution in [0.3, 0.4) is 0 Å². The number of hydrogen-bond donors (Lipinski definition) is 2. The van der Waals surface area contributed by atoms with Crippen molar-refractivity contribution in [1.82, 2.24) is 20.2 Å². The predicted molar refractivity (Wildman–Crippen MR) is 117 cm³/mol. The van der Waals surface area contributed by atoms with Crippen molar-refractivity contribution in [3.8, 4) is 0 Å². The second-order valence-electron chi connectivity index (χ2n) is 8.35. The lowest BCUT2D eigenvalue weighted by Gasteiger charge is -2.35. The molecule has 1 saturated carbocycles. The third-order valence-electron chi connectivity index (χ3n) is 6.49. The van der Waals surface area contributed by atoms with E-state index in [2.05, 4.69) is 50.9 Å². The summed E-state index contributed by atoms with van der Waals surface area (Å²) < 4.78 is 0. The Morgan fingerprint density at radius 2 is 2.11 bits per heavy atom. The maximum Gasteiger partial charge on any atom is 0.138 e. The quantitative estimate of drug-likeness (QED) is 0.805. The molecular formula is C22H29N5S. The van der Waals surface area contributed by atoms with E-state index in [1.54, 1.807) is 6.33 Å². The van der Waals surface area contributed by atoms with E-state index in [-0.39, 0.29) is 0 Å².